The van der Waals surface area contributed by atoms with Gasteiger partial charge in [0.25, 0.3) is 0 Å². The average molecular weight is 354 g/mol. The number of hydrogen-bond acceptors (Lipinski definition) is 1. The summed E-state index contributed by atoms with van der Waals surface area (Å²) in [5.74, 6) is 0. The molecule has 2 N–H and O–H groups in total. The maximum absolute atomic E-state index is 11.9. The lowest BCUT2D eigenvalue weighted by molar-refractivity contribution is 0.251. The van der Waals surface area contributed by atoms with Crippen LogP contribution in [0.15, 0.2) is 46.9 Å². The first-order valence-electron chi connectivity index (χ1n) is 6.10. The highest BCUT2D eigenvalue weighted by Crippen LogP contribution is 2.28. The Bertz CT molecular complexity index is 617. The van der Waals surface area contributed by atoms with Gasteiger partial charge in [0.15, 0.2) is 0 Å². The van der Waals surface area contributed by atoms with E-state index in [-0.39, 0.29) is 6.03 Å². The van der Waals surface area contributed by atoms with Gasteiger partial charge in [0.05, 0.1) is 5.02 Å². The van der Waals surface area contributed by atoms with E-state index in [0.29, 0.717) is 17.3 Å². The Kier molecular flexibility index (Phi) is 5.04. The molecule has 5 heteroatoms. The van der Waals surface area contributed by atoms with E-state index in [9.17, 15) is 4.79 Å². The number of hydrogen-bond donors (Lipinski definition) is 2. The topological polar surface area (TPSA) is 41.1 Å². The fourth-order valence-corrected chi connectivity index (χ4v) is 2.35. The molecule has 0 saturated carbocycles. The van der Waals surface area contributed by atoms with Crippen molar-refractivity contribution in [1.82, 2.24) is 5.32 Å². The summed E-state index contributed by atoms with van der Waals surface area (Å²) in [6.45, 7) is 2.39. The van der Waals surface area contributed by atoms with Gasteiger partial charge < -0.3 is 10.6 Å². The minimum Gasteiger partial charge on any atom is -0.334 e. The van der Waals surface area contributed by atoms with Crippen LogP contribution in [0.5, 0.6) is 0 Å². The minimum atomic E-state index is -0.254. The second-order valence-corrected chi connectivity index (χ2v) is 5.64. The third-order valence-electron chi connectivity index (χ3n) is 2.81. The highest BCUT2D eigenvalue weighted by molar-refractivity contribution is 9.10. The molecule has 20 heavy (non-hydrogen) atoms. The molecule has 2 amide bonds. The molecule has 0 radical (unpaired) electrons. The summed E-state index contributed by atoms with van der Waals surface area (Å²) in [6, 6.07) is 13.1. The third kappa shape index (κ3) is 3.99. The molecule has 0 aliphatic heterocycles. The van der Waals surface area contributed by atoms with E-state index < -0.39 is 0 Å². The van der Waals surface area contributed by atoms with Crippen LogP contribution in [0.2, 0.25) is 5.02 Å². The first-order valence-corrected chi connectivity index (χ1v) is 7.28. The van der Waals surface area contributed by atoms with Crippen LogP contribution in [-0.2, 0) is 6.54 Å². The zero-order valence-corrected chi connectivity index (χ0v) is 13.3. The SMILES string of the molecule is Cc1cc(Br)c(Cl)cc1NC(=O)NCc1ccccc1. The number of nitrogens with one attached hydrogen (secondary N) is 2. The molecule has 104 valence electrons. The van der Waals surface area contributed by atoms with Gasteiger partial charge in [-0.15, -0.1) is 0 Å². The summed E-state index contributed by atoms with van der Waals surface area (Å²) in [5.41, 5.74) is 2.69. The van der Waals surface area contributed by atoms with Crippen molar-refractivity contribution < 1.29 is 4.79 Å². The molecule has 0 aliphatic rings. The standard InChI is InChI=1S/C15H14BrClN2O/c1-10-7-12(16)13(17)8-14(10)19-15(20)18-9-11-5-3-2-4-6-11/h2-8H,9H2,1H3,(H2,18,19,20). The van der Waals surface area contributed by atoms with Gasteiger partial charge in [0.1, 0.15) is 0 Å². The van der Waals surface area contributed by atoms with Gasteiger partial charge in [0, 0.05) is 16.7 Å². The first-order chi connectivity index (χ1) is 9.56. The fraction of sp³-hybridized carbons (Fsp3) is 0.133. The minimum absolute atomic E-state index is 0.254. The Morgan fingerprint density at radius 1 is 1.25 bits per heavy atom. The van der Waals surface area contributed by atoms with Crippen molar-refractivity contribution in [2.24, 2.45) is 0 Å². The van der Waals surface area contributed by atoms with Gasteiger partial charge in [-0.05, 0) is 46.1 Å². The molecule has 0 atom stereocenters. The van der Waals surface area contributed by atoms with E-state index in [0.717, 1.165) is 15.6 Å². The van der Waals surface area contributed by atoms with Crippen molar-refractivity contribution in [2.45, 2.75) is 13.5 Å². The maximum Gasteiger partial charge on any atom is 0.319 e. The number of aryl methyl sites for hydroxylation is 1. The summed E-state index contributed by atoms with van der Waals surface area (Å²) in [7, 11) is 0. The van der Waals surface area contributed by atoms with Crippen molar-refractivity contribution in [3.8, 4) is 0 Å². The number of carbonyl (C=O) groups excluding carboxylic acids is 1. The molecule has 2 rings (SSSR count). The van der Waals surface area contributed by atoms with Crippen molar-refractivity contribution in [3.63, 3.8) is 0 Å². The number of amides is 2. The third-order valence-corrected chi connectivity index (χ3v) is 4.01. The molecule has 0 unspecified atom stereocenters. The molecular formula is C15H14BrClN2O. The largest absolute Gasteiger partial charge is 0.334 e. The zero-order valence-electron chi connectivity index (χ0n) is 10.9. The lowest BCUT2D eigenvalue weighted by Gasteiger charge is -2.11. The molecule has 2 aromatic rings. The van der Waals surface area contributed by atoms with E-state index >= 15 is 0 Å². The Hall–Kier alpha value is -1.52. The van der Waals surface area contributed by atoms with Gasteiger partial charge in [-0.1, -0.05) is 41.9 Å². The predicted molar refractivity (Wildman–Crippen MR) is 86.2 cm³/mol. The van der Waals surface area contributed by atoms with E-state index in [1.165, 1.54) is 0 Å². The zero-order chi connectivity index (χ0) is 14.5. The van der Waals surface area contributed by atoms with Gasteiger partial charge in [-0.25, -0.2) is 4.79 Å². The molecule has 0 fully saturated rings. The molecule has 2 aromatic carbocycles. The van der Waals surface area contributed by atoms with Gasteiger partial charge >= 0.3 is 6.03 Å². The van der Waals surface area contributed by atoms with Gasteiger partial charge in [0.2, 0.25) is 0 Å². The van der Waals surface area contributed by atoms with Gasteiger partial charge in [-0.2, -0.15) is 0 Å². The van der Waals surface area contributed by atoms with Crippen molar-refractivity contribution in [1.29, 1.82) is 0 Å². The number of carbonyl (C=O) groups is 1. The summed E-state index contributed by atoms with van der Waals surface area (Å²) in [5, 5.41) is 6.16. The summed E-state index contributed by atoms with van der Waals surface area (Å²) >= 11 is 9.37. The van der Waals surface area contributed by atoms with E-state index in [2.05, 4.69) is 26.6 Å². The Morgan fingerprint density at radius 2 is 1.95 bits per heavy atom. The van der Waals surface area contributed by atoms with Crippen LogP contribution in [0.25, 0.3) is 0 Å². The summed E-state index contributed by atoms with van der Waals surface area (Å²) in [6.07, 6.45) is 0. The van der Waals surface area contributed by atoms with Crippen LogP contribution in [0.1, 0.15) is 11.1 Å². The highest BCUT2D eigenvalue weighted by Gasteiger charge is 2.07. The molecule has 0 spiro atoms. The lowest BCUT2D eigenvalue weighted by Crippen LogP contribution is -2.28. The van der Waals surface area contributed by atoms with E-state index in [1.807, 2.05) is 43.3 Å². The molecule has 0 heterocycles. The number of halogens is 2. The molecular weight excluding hydrogens is 340 g/mol. The van der Waals surface area contributed by atoms with Crippen LogP contribution in [-0.4, -0.2) is 6.03 Å². The maximum atomic E-state index is 11.9. The smallest absolute Gasteiger partial charge is 0.319 e. The van der Waals surface area contributed by atoms with Crippen molar-refractivity contribution in [3.05, 3.63) is 63.1 Å². The number of rotatable bonds is 3. The number of urea groups is 1. The summed E-state index contributed by atoms with van der Waals surface area (Å²) in [4.78, 5) is 11.9. The van der Waals surface area contributed by atoms with Crippen LogP contribution in [0.3, 0.4) is 0 Å². The van der Waals surface area contributed by atoms with E-state index in [1.54, 1.807) is 6.07 Å². The predicted octanol–water partition coefficient (Wildman–Crippen LogP) is 4.73. The quantitative estimate of drug-likeness (QED) is 0.822. The molecule has 0 aromatic heterocycles. The van der Waals surface area contributed by atoms with Crippen molar-refractivity contribution in [2.75, 3.05) is 5.32 Å². The molecule has 0 aliphatic carbocycles. The number of benzene rings is 2. The number of anilines is 1. The van der Waals surface area contributed by atoms with Crippen LogP contribution >= 0.6 is 27.5 Å². The Balaban J connectivity index is 1.97. The van der Waals surface area contributed by atoms with Crippen LogP contribution < -0.4 is 10.6 Å². The molecule has 0 bridgehead atoms. The Morgan fingerprint density at radius 3 is 2.65 bits per heavy atom. The van der Waals surface area contributed by atoms with Crippen LogP contribution in [0, 0.1) is 6.92 Å². The van der Waals surface area contributed by atoms with E-state index in [4.69, 9.17) is 11.6 Å². The van der Waals surface area contributed by atoms with Gasteiger partial charge in [-0.3, -0.25) is 0 Å². The fourth-order valence-electron chi connectivity index (χ4n) is 1.73. The molecule has 0 saturated heterocycles. The lowest BCUT2D eigenvalue weighted by atomic mass is 10.2. The average Bonchev–Trinajstić information content (AvgIpc) is 2.44. The second kappa shape index (κ2) is 6.77. The van der Waals surface area contributed by atoms with Crippen LogP contribution in [0.4, 0.5) is 10.5 Å². The van der Waals surface area contributed by atoms with Crippen molar-refractivity contribution >= 4 is 39.2 Å². The first kappa shape index (κ1) is 14.9. The second-order valence-electron chi connectivity index (χ2n) is 4.37. The highest BCUT2D eigenvalue weighted by atomic mass is 79.9. The monoisotopic (exact) mass is 352 g/mol. The Labute approximate surface area is 131 Å². The normalized spacial score (nSPS) is 10.2. The summed E-state index contributed by atoms with van der Waals surface area (Å²) < 4.78 is 0.812. The molecule has 3 nitrogen and oxygen atoms in total.